The Balaban J connectivity index is 3.32. The molecule has 0 aliphatic heterocycles. The minimum atomic E-state index is -0.148. The summed E-state index contributed by atoms with van der Waals surface area (Å²) in [5.74, 6) is 0.236. The Bertz CT molecular complexity index is 65.3. The van der Waals surface area contributed by atoms with Gasteiger partial charge in [0.15, 0.2) is 0 Å². The van der Waals surface area contributed by atoms with Gasteiger partial charge in [0, 0.05) is 13.0 Å². The van der Waals surface area contributed by atoms with E-state index in [4.69, 9.17) is 9.99 Å². The van der Waals surface area contributed by atoms with Crippen LogP contribution in [0, 0.1) is 5.92 Å². The molecule has 1 N–H and O–H groups in total. The van der Waals surface area contributed by atoms with E-state index >= 15 is 0 Å². The first kappa shape index (κ1) is 8.88. The molecule has 0 aliphatic rings. The Labute approximate surface area is 55.5 Å². The minimum absolute atomic E-state index is 0.148. The van der Waals surface area contributed by atoms with E-state index in [1.165, 1.54) is 0 Å². The summed E-state index contributed by atoms with van der Waals surface area (Å²) in [6.07, 6.45) is -0.148. The van der Waals surface area contributed by atoms with Crippen LogP contribution in [-0.4, -0.2) is 25.1 Å². The highest BCUT2D eigenvalue weighted by Crippen LogP contribution is 2.04. The Morgan fingerprint density at radius 1 is 1.44 bits per heavy atom. The fourth-order valence-electron chi connectivity index (χ4n) is 0.502. The van der Waals surface area contributed by atoms with Crippen molar-refractivity contribution in [2.24, 2.45) is 5.92 Å². The molecule has 0 aliphatic carbocycles. The molecule has 0 aromatic carbocycles. The fraction of sp³-hybridized carbons (Fsp3) is 1.00. The van der Waals surface area contributed by atoms with Crippen molar-refractivity contribution in [3.05, 3.63) is 0 Å². The topological polar surface area (TPSA) is 38.7 Å². The van der Waals surface area contributed by atoms with Crippen LogP contribution in [0.4, 0.5) is 0 Å². The lowest BCUT2D eigenvalue weighted by Gasteiger charge is -2.14. The number of hydrogen-bond donors (Lipinski definition) is 1. The maximum Gasteiger partial charge on any atom is 0.0946 e. The Morgan fingerprint density at radius 3 is 2.33 bits per heavy atom. The van der Waals surface area contributed by atoms with E-state index in [-0.39, 0.29) is 12.0 Å². The number of hydrogen-bond acceptors (Lipinski definition) is 3. The quantitative estimate of drug-likeness (QED) is 0.463. The van der Waals surface area contributed by atoms with Crippen LogP contribution in [0.1, 0.15) is 13.8 Å². The maximum atomic E-state index is 8.18. The molecule has 0 aromatic heterocycles. The lowest BCUT2D eigenvalue weighted by atomic mass is 10.1. The second-order valence-electron chi connectivity index (χ2n) is 2.24. The van der Waals surface area contributed by atoms with Gasteiger partial charge in [-0.05, 0) is 6.92 Å². The third-order valence-corrected chi connectivity index (χ3v) is 1.40. The molecule has 0 aromatic rings. The first-order valence-electron chi connectivity index (χ1n) is 3.01. The number of methoxy groups -OCH3 is 1. The summed E-state index contributed by atoms with van der Waals surface area (Å²) in [4.78, 5) is 4.08. The van der Waals surface area contributed by atoms with E-state index in [1.54, 1.807) is 14.0 Å². The van der Waals surface area contributed by atoms with Crippen LogP contribution in [0.25, 0.3) is 0 Å². The van der Waals surface area contributed by atoms with Crippen molar-refractivity contribution in [3.63, 3.8) is 0 Å². The van der Waals surface area contributed by atoms with Crippen LogP contribution in [0.15, 0.2) is 0 Å². The SMILES string of the molecule is COCC(C)C(C)OO. The molecule has 0 amide bonds. The molecular weight excluding hydrogens is 120 g/mol. The molecule has 0 saturated carbocycles. The summed E-state index contributed by atoms with van der Waals surface area (Å²) in [5.41, 5.74) is 0. The molecule has 2 unspecified atom stereocenters. The van der Waals surface area contributed by atoms with Crippen molar-refractivity contribution in [2.75, 3.05) is 13.7 Å². The van der Waals surface area contributed by atoms with Gasteiger partial charge >= 0.3 is 0 Å². The molecule has 0 heterocycles. The van der Waals surface area contributed by atoms with Gasteiger partial charge in [-0.25, -0.2) is 4.89 Å². The first-order valence-corrected chi connectivity index (χ1v) is 3.01. The van der Waals surface area contributed by atoms with Crippen molar-refractivity contribution >= 4 is 0 Å². The zero-order valence-corrected chi connectivity index (χ0v) is 6.13. The summed E-state index contributed by atoms with van der Waals surface area (Å²) in [6.45, 7) is 4.36. The van der Waals surface area contributed by atoms with Crippen LogP contribution in [-0.2, 0) is 9.62 Å². The van der Waals surface area contributed by atoms with Gasteiger partial charge in [-0.15, -0.1) is 0 Å². The number of rotatable bonds is 4. The molecule has 0 fully saturated rings. The van der Waals surface area contributed by atoms with Crippen LogP contribution >= 0.6 is 0 Å². The molecule has 0 spiro atoms. The smallest absolute Gasteiger partial charge is 0.0946 e. The Morgan fingerprint density at radius 2 is 2.00 bits per heavy atom. The van der Waals surface area contributed by atoms with Gasteiger partial charge in [-0.1, -0.05) is 6.92 Å². The minimum Gasteiger partial charge on any atom is -0.384 e. The summed E-state index contributed by atoms with van der Waals surface area (Å²) < 4.78 is 4.84. The predicted molar refractivity (Wildman–Crippen MR) is 34.2 cm³/mol. The van der Waals surface area contributed by atoms with Crippen LogP contribution in [0.3, 0.4) is 0 Å². The molecule has 3 heteroatoms. The van der Waals surface area contributed by atoms with Gasteiger partial charge in [0.2, 0.25) is 0 Å². The molecule has 56 valence electrons. The molecule has 0 rings (SSSR count). The van der Waals surface area contributed by atoms with Gasteiger partial charge < -0.3 is 4.74 Å². The summed E-state index contributed by atoms with van der Waals surface area (Å²) in [5, 5.41) is 8.18. The Kier molecular flexibility index (Phi) is 4.67. The molecular formula is C6H14O3. The lowest BCUT2D eigenvalue weighted by molar-refractivity contribution is -0.286. The normalized spacial score (nSPS) is 17.3. The van der Waals surface area contributed by atoms with E-state index in [1.807, 2.05) is 6.92 Å². The zero-order chi connectivity index (χ0) is 7.28. The standard InChI is InChI=1S/C6H14O3/c1-5(4-8-3)6(2)9-7/h5-7H,4H2,1-3H3. The van der Waals surface area contributed by atoms with Gasteiger partial charge in [0.1, 0.15) is 0 Å². The molecule has 0 radical (unpaired) electrons. The lowest BCUT2D eigenvalue weighted by Crippen LogP contribution is -2.20. The second-order valence-corrected chi connectivity index (χ2v) is 2.24. The molecule has 9 heavy (non-hydrogen) atoms. The van der Waals surface area contributed by atoms with Crippen LogP contribution in [0.2, 0.25) is 0 Å². The third kappa shape index (κ3) is 3.46. The van der Waals surface area contributed by atoms with Gasteiger partial charge in [-0.3, -0.25) is 5.26 Å². The molecule has 2 atom stereocenters. The average molecular weight is 134 g/mol. The van der Waals surface area contributed by atoms with E-state index in [0.717, 1.165) is 0 Å². The predicted octanol–water partition coefficient (Wildman–Crippen LogP) is 1.15. The molecule has 0 bridgehead atoms. The maximum absolute atomic E-state index is 8.18. The van der Waals surface area contributed by atoms with Crippen molar-refractivity contribution in [1.82, 2.24) is 0 Å². The fourth-order valence-corrected chi connectivity index (χ4v) is 0.502. The van der Waals surface area contributed by atoms with Gasteiger partial charge in [0.25, 0.3) is 0 Å². The largest absolute Gasteiger partial charge is 0.384 e. The number of ether oxygens (including phenoxy) is 1. The van der Waals surface area contributed by atoms with Crippen LogP contribution in [0.5, 0.6) is 0 Å². The molecule has 3 nitrogen and oxygen atoms in total. The van der Waals surface area contributed by atoms with Crippen molar-refractivity contribution in [3.8, 4) is 0 Å². The third-order valence-electron chi connectivity index (χ3n) is 1.40. The van der Waals surface area contributed by atoms with Crippen molar-refractivity contribution in [1.29, 1.82) is 0 Å². The molecule has 0 saturated heterocycles. The average Bonchev–Trinajstić information content (AvgIpc) is 1.87. The summed E-state index contributed by atoms with van der Waals surface area (Å²) in [6, 6.07) is 0. The summed E-state index contributed by atoms with van der Waals surface area (Å²) >= 11 is 0. The highest BCUT2D eigenvalue weighted by molar-refractivity contribution is 4.57. The highest BCUT2D eigenvalue weighted by atomic mass is 17.1. The monoisotopic (exact) mass is 134 g/mol. The van der Waals surface area contributed by atoms with Gasteiger partial charge in [-0.2, -0.15) is 0 Å². The van der Waals surface area contributed by atoms with E-state index in [0.29, 0.717) is 6.61 Å². The van der Waals surface area contributed by atoms with Crippen molar-refractivity contribution < 1.29 is 14.9 Å². The van der Waals surface area contributed by atoms with Gasteiger partial charge in [0.05, 0.1) is 12.7 Å². The van der Waals surface area contributed by atoms with Crippen LogP contribution < -0.4 is 0 Å². The zero-order valence-electron chi connectivity index (χ0n) is 6.13. The Hall–Kier alpha value is -0.120. The first-order chi connectivity index (χ1) is 4.22. The van der Waals surface area contributed by atoms with E-state index < -0.39 is 0 Å². The second kappa shape index (κ2) is 4.73. The highest BCUT2D eigenvalue weighted by Gasteiger charge is 2.11. The van der Waals surface area contributed by atoms with Crippen molar-refractivity contribution in [2.45, 2.75) is 20.0 Å². The van der Waals surface area contributed by atoms with E-state index in [2.05, 4.69) is 4.89 Å². The van der Waals surface area contributed by atoms with E-state index in [9.17, 15) is 0 Å². The summed E-state index contributed by atoms with van der Waals surface area (Å²) in [7, 11) is 1.63.